The lowest BCUT2D eigenvalue weighted by atomic mass is 9.96. The van der Waals surface area contributed by atoms with Gasteiger partial charge in [-0.15, -0.1) is 6.58 Å². The highest BCUT2D eigenvalue weighted by Crippen LogP contribution is 2.33. The third-order valence-corrected chi connectivity index (χ3v) is 5.05. The van der Waals surface area contributed by atoms with Crippen LogP contribution >= 0.6 is 0 Å². The van der Waals surface area contributed by atoms with E-state index in [9.17, 15) is 4.79 Å². The summed E-state index contributed by atoms with van der Waals surface area (Å²) in [7, 11) is 0. The van der Waals surface area contributed by atoms with Gasteiger partial charge in [-0.05, 0) is 38.5 Å². The number of hydrogen-bond acceptors (Lipinski definition) is 3. The highest BCUT2D eigenvalue weighted by atomic mass is 16.5. The first-order valence-electron chi connectivity index (χ1n) is 8.61. The Morgan fingerprint density at radius 3 is 3.14 bits per heavy atom. The van der Waals surface area contributed by atoms with Gasteiger partial charge in [-0.3, -0.25) is 4.79 Å². The van der Waals surface area contributed by atoms with Gasteiger partial charge in [-0.2, -0.15) is 0 Å². The van der Waals surface area contributed by atoms with Crippen molar-refractivity contribution < 1.29 is 14.3 Å². The summed E-state index contributed by atoms with van der Waals surface area (Å²) in [5, 5.41) is 0. The zero-order valence-corrected chi connectivity index (χ0v) is 13.3. The van der Waals surface area contributed by atoms with Gasteiger partial charge >= 0.3 is 0 Å². The summed E-state index contributed by atoms with van der Waals surface area (Å²) in [6.45, 7) is 5.60. The molecule has 0 aromatic rings. The molecule has 1 saturated carbocycles. The van der Waals surface area contributed by atoms with Crippen LogP contribution in [0.15, 0.2) is 24.3 Å². The number of ether oxygens (including phenoxy) is 2. The molecule has 22 heavy (non-hydrogen) atoms. The molecule has 3 rings (SSSR count). The lowest BCUT2D eigenvalue weighted by molar-refractivity contribution is -0.150. The Labute approximate surface area is 133 Å². The Balaban J connectivity index is 1.60. The highest BCUT2D eigenvalue weighted by Gasteiger charge is 2.44. The minimum Gasteiger partial charge on any atom is -0.372 e. The highest BCUT2D eigenvalue weighted by molar-refractivity contribution is 5.79. The molecule has 0 N–H and O–H groups in total. The van der Waals surface area contributed by atoms with Crippen molar-refractivity contribution in [2.45, 2.75) is 63.2 Å². The van der Waals surface area contributed by atoms with Crippen LogP contribution in [-0.2, 0) is 14.3 Å². The van der Waals surface area contributed by atoms with Crippen LogP contribution in [-0.4, -0.2) is 48.8 Å². The molecule has 0 spiro atoms. The maximum atomic E-state index is 12.7. The molecule has 2 aliphatic carbocycles. The van der Waals surface area contributed by atoms with Crippen molar-refractivity contribution in [1.29, 1.82) is 0 Å². The number of amides is 1. The van der Waals surface area contributed by atoms with Gasteiger partial charge < -0.3 is 14.4 Å². The number of rotatable bonds is 5. The molecule has 1 saturated heterocycles. The predicted octanol–water partition coefficient (Wildman–Crippen LogP) is 2.84. The number of hydrogen-bond donors (Lipinski definition) is 0. The second-order valence-electron chi connectivity index (χ2n) is 6.51. The molecule has 4 heteroatoms. The molecule has 0 unspecified atom stereocenters. The smallest absolute Gasteiger partial charge is 0.227 e. The zero-order chi connectivity index (χ0) is 15.4. The van der Waals surface area contributed by atoms with Gasteiger partial charge in [-0.25, -0.2) is 0 Å². The van der Waals surface area contributed by atoms with Crippen LogP contribution in [0.5, 0.6) is 0 Å². The van der Waals surface area contributed by atoms with Crippen molar-refractivity contribution in [2.75, 3.05) is 19.8 Å². The lowest BCUT2D eigenvalue weighted by Crippen LogP contribution is -2.54. The molecule has 1 heterocycles. The van der Waals surface area contributed by atoms with E-state index in [-0.39, 0.29) is 24.2 Å². The van der Waals surface area contributed by atoms with Crippen LogP contribution in [0, 0.1) is 0 Å². The minimum atomic E-state index is 0.0398. The van der Waals surface area contributed by atoms with Crippen molar-refractivity contribution >= 4 is 5.91 Å². The molecule has 3 aliphatic rings. The number of allylic oxidation sites excluding steroid dienone is 1. The third kappa shape index (κ3) is 3.44. The summed E-state index contributed by atoms with van der Waals surface area (Å²) >= 11 is 0. The SMILES string of the molecule is C=CCO[C@@H]1CC[C@H]2[C@H]1OCCN2C(=O)CC1=CCCCC1. The summed E-state index contributed by atoms with van der Waals surface area (Å²) in [5.74, 6) is 0.274. The summed E-state index contributed by atoms with van der Waals surface area (Å²) in [6.07, 6.45) is 11.5. The van der Waals surface area contributed by atoms with E-state index in [2.05, 4.69) is 17.6 Å². The molecule has 0 aromatic carbocycles. The molecule has 3 atom stereocenters. The van der Waals surface area contributed by atoms with E-state index >= 15 is 0 Å². The fraction of sp³-hybridized carbons (Fsp3) is 0.722. The fourth-order valence-corrected chi connectivity index (χ4v) is 3.96. The Morgan fingerprint density at radius 2 is 2.36 bits per heavy atom. The standard InChI is InChI=1S/C18H27NO3/c1-2-11-21-16-9-8-15-18(16)22-12-10-19(15)17(20)13-14-6-4-3-5-7-14/h2,6,15-16,18H,1,3-5,7-13H2/t15-,16+,18+/m0/s1. The summed E-state index contributed by atoms with van der Waals surface area (Å²) in [5.41, 5.74) is 1.33. The van der Waals surface area contributed by atoms with Gasteiger partial charge in [0.25, 0.3) is 0 Å². The van der Waals surface area contributed by atoms with Crippen molar-refractivity contribution in [3.05, 3.63) is 24.3 Å². The first-order chi connectivity index (χ1) is 10.8. The zero-order valence-electron chi connectivity index (χ0n) is 13.3. The summed E-state index contributed by atoms with van der Waals surface area (Å²) in [6, 6.07) is 0.195. The Kier molecular flexibility index (Phi) is 5.32. The van der Waals surface area contributed by atoms with Crippen molar-refractivity contribution in [1.82, 2.24) is 4.90 Å². The van der Waals surface area contributed by atoms with Gasteiger partial charge in [0.2, 0.25) is 5.91 Å². The van der Waals surface area contributed by atoms with Crippen LogP contribution in [0.3, 0.4) is 0 Å². The molecule has 0 bridgehead atoms. The average molecular weight is 305 g/mol. The first kappa shape index (κ1) is 15.8. The number of fused-ring (bicyclic) bond motifs is 1. The van der Waals surface area contributed by atoms with Gasteiger partial charge in [-0.1, -0.05) is 17.7 Å². The molecule has 122 valence electrons. The second-order valence-corrected chi connectivity index (χ2v) is 6.51. The van der Waals surface area contributed by atoms with Crippen LogP contribution in [0.25, 0.3) is 0 Å². The van der Waals surface area contributed by atoms with Gasteiger partial charge in [0, 0.05) is 13.0 Å². The Hall–Kier alpha value is -1.13. The van der Waals surface area contributed by atoms with E-state index in [0.717, 1.165) is 32.2 Å². The maximum absolute atomic E-state index is 12.7. The first-order valence-corrected chi connectivity index (χ1v) is 8.61. The lowest BCUT2D eigenvalue weighted by Gasteiger charge is -2.39. The molecule has 0 aromatic heterocycles. The van der Waals surface area contributed by atoms with E-state index in [1.165, 1.54) is 18.4 Å². The quantitative estimate of drug-likeness (QED) is 0.733. The summed E-state index contributed by atoms with van der Waals surface area (Å²) in [4.78, 5) is 14.8. The number of nitrogens with zero attached hydrogens (tertiary/aromatic N) is 1. The topological polar surface area (TPSA) is 38.8 Å². The van der Waals surface area contributed by atoms with Crippen LogP contribution in [0.2, 0.25) is 0 Å². The average Bonchev–Trinajstić information content (AvgIpc) is 2.97. The maximum Gasteiger partial charge on any atom is 0.227 e. The molecular formula is C18H27NO3. The number of morpholine rings is 1. The summed E-state index contributed by atoms with van der Waals surface area (Å²) < 4.78 is 11.7. The molecule has 4 nitrogen and oxygen atoms in total. The number of carbonyl (C=O) groups is 1. The predicted molar refractivity (Wildman–Crippen MR) is 85.6 cm³/mol. The van der Waals surface area contributed by atoms with Crippen molar-refractivity contribution in [3.8, 4) is 0 Å². The van der Waals surface area contributed by atoms with E-state index in [4.69, 9.17) is 9.47 Å². The van der Waals surface area contributed by atoms with Crippen molar-refractivity contribution in [2.24, 2.45) is 0 Å². The van der Waals surface area contributed by atoms with Crippen LogP contribution in [0.1, 0.15) is 44.9 Å². The van der Waals surface area contributed by atoms with E-state index < -0.39 is 0 Å². The third-order valence-electron chi connectivity index (χ3n) is 5.05. The monoisotopic (exact) mass is 305 g/mol. The molecule has 2 fully saturated rings. The van der Waals surface area contributed by atoms with Gasteiger partial charge in [0.15, 0.2) is 0 Å². The van der Waals surface area contributed by atoms with Gasteiger partial charge in [0.1, 0.15) is 6.10 Å². The Morgan fingerprint density at radius 1 is 1.45 bits per heavy atom. The van der Waals surface area contributed by atoms with Crippen LogP contribution < -0.4 is 0 Å². The molecule has 1 amide bonds. The van der Waals surface area contributed by atoms with Crippen molar-refractivity contribution in [3.63, 3.8) is 0 Å². The van der Waals surface area contributed by atoms with E-state index in [0.29, 0.717) is 19.6 Å². The molecule has 0 radical (unpaired) electrons. The largest absolute Gasteiger partial charge is 0.372 e. The minimum absolute atomic E-state index is 0.0398. The number of carbonyl (C=O) groups excluding carboxylic acids is 1. The van der Waals surface area contributed by atoms with Crippen LogP contribution in [0.4, 0.5) is 0 Å². The van der Waals surface area contributed by atoms with E-state index in [1.807, 2.05) is 0 Å². The fourth-order valence-electron chi connectivity index (χ4n) is 3.96. The molecule has 1 aliphatic heterocycles. The normalized spacial score (nSPS) is 31.5. The van der Waals surface area contributed by atoms with Gasteiger partial charge in [0.05, 0.1) is 25.4 Å². The van der Waals surface area contributed by atoms with E-state index in [1.54, 1.807) is 6.08 Å². The molecular weight excluding hydrogens is 278 g/mol. The second kappa shape index (κ2) is 7.42. The Bertz CT molecular complexity index is 446.